The molecule has 1 saturated carbocycles. The molecule has 0 bridgehead atoms. The number of hydrogen-bond acceptors (Lipinski definition) is 4. The largest absolute Gasteiger partial charge is 0.439 e. The van der Waals surface area contributed by atoms with Gasteiger partial charge in [0.25, 0.3) is 0 Å². The van der Waals surface area contributed by atoms with Crippen LogP contribution in [0.1, 0.15) is 37.3 Å². The van der Waals surface area contributed by atoms with E-state index in [-0.39, 0.29) is 31.8 Å². The molecule has 0 spiro atoms. The van der Waals surface area contributed by atoms with Crippen molar-refractivity contribution in [3.63, 3.8) is 0 Å². The molecule has 2 aromatic carbocycles. The second-order valence-electron chi connectivity index (χ2n) is 9.72. The van der Waals surface area contributed by atoms with Gasteiger partial charge in [0.2, 0.25) is 23.1 Å². The number of ether oxygens (including phenoxy) is 2. The van der Waals surface area contributed by atoms with Crippen LogP contribution >= 0.6 is 0 Å². The number of halogens is 5. The average molecular weight is 572 g/mol. The monoisotopic (exact) mass is 571 g/mol. The first kappa shape index (κ1) is 27.7. The van der Waals surface area contributed by atoms with E-state index in [1.165, 1.54) is 16.4 Å². The van der Waals surface area contributed by atoms with Gasteiger partial charge < -0.3 is 9.47 Å². The zero-order chi connectivity index (χ0) is 28.0. The normalized spacial score (nSPS) is 21.1. The van der Waals surface area contributed by atoms with Gasteiger partial charge >= 0.3 is 6.18 Å². The standard InChI is InChI=1S/C26H26F5N3O4S/c1-2-33-23(38-21-8-6-18(7-9-21)26(29,30)31)13-22(32-33)17-4-3-5-19(12-17)24(15-37-16-24)34(39(35)36)20-10-11-25(27,28)14-20/h3-9,12-13,20H,2,10-11,14-16H2,1H3,(H,35,36). The highest BCUT2D eigenvalue weighted by atomic mass is 32.2. The van der Waals surface area contributed by atoms with Crippen molar-refractivity contribution in [1.82, 2.24) is 14.1 Å². The molecule has 1 aromatic heterocycles. The Kier molecular flexibility index (Phi) is 7.29. The van der Waals surface area contributed by atoms with E-state index >= 15 is 0 Å². The van der Waals surface area contributed by atoms with E-state index in [0.717, 1.165) is 12.1 Å². The Morgan fingerprint density at radius 2 is 1.90 bits per heavy atom. The Hall–Kier alpha value is -2.87. The summed E-state index contributed by atoms with van der Waals surface area (Å²) in [5.74, 6) is -2.38. The lowest BCUT2D eigenvalue weighted by atomic mass is 9.85. The molecular formula is C26H26F5N3O4S. The number of alkyl halides is 5. The van der Waals surface area contributed by atoms with E-state index in [0.29, 0.717) is 29.2 Å². The first-order valence-electron chi connectivity index (χ1n) is 12.3. The summed E-state index contributed by atoms with van der Waals surface area (Å²) in [5, 5.41) is 4.55. The van der Waals surface area contributed by atoms with Crippen molar-refractivity contribution in [2.75, 3.05) is 13.2 Å². The molecule has 1 N–H and O–H groups in total. The molecule has 2 aliphatic rings. The number of aromatic nitrogens is 2. The third kappa shape index (κ3) is 5.45. The van der Waals surface area contributed by atoms with Gasteiger partial charge in [-0.3, -0.25) is 4.55 Å². The highest BCUT2D eigenvalue weighted by molar-refractivity contribution is 7.76. The number of hydrogen-bond donors (Lipinski definition) is 1. The van der Waals surface area contributed by atoms with Crippen LogP contribution in [0.3, 0.4) is 0 Å². The lowest BCUT2D eigenvalue weighted by Crippen LogP contribution is -2.62. The van der Waals surface area contributed by atoms with Crippen molar-refractivity contribution in [2.45, 2.75) is 56.4 Å². The van der Waals surface area contributed by atoms with Crippen LogP contribution in [0.15, 0.2) is 54.6 Å². The molecule has 2 heterocycles. The number of rotatable bonds is 8. The molecule has 2 atom stereocenters. The Morgan fingerprint density at radius 3 is 2.44 bits per heavy atom. The predicted octanol–water partition coefficient (Wildman–Crippen LogP) is 6.23. The van der Waals surface area contributed by atoms with Crippen LogP contribution in [0.25, 0.3) is 11.3 Å². The second kappa shape index (κ2) is 10.3. The minimum absolute atomic E-state index is 0.0660. The van der Waals surface area contributed by atoms with Gasteiger partial charge in [-0.15, -0.1) is 0 Å². The second-order valence-corrected chi connectivity index (χ2v) is 10.6. The van der Waals surface area contributed by atoms with E-state index in [1.807, 2.05) is 6.92 Å². The first-order valence-corrected chi connectivity index (χ1v) is 13.4. The zero-order valence-electron chi connectivity index (χ0n) is 20.8. The first-order chi connectivity index (χ1) is 18.4. The molecule has 0 amide bonds. The van der Waals surface area contributed by atoms with Crippen molar-refractivity contribution in [1.29, 1.82) is 0 Å². The van der Waals surface area contributed by atoms with E-state index in [1.54, 1.807) is 35.0 Å². The molecule has 1 saturated heterocycles. The molecule has 13 heteroatoms. The van der Waals surface area contributed by atoms with E-state index in [2.05, 4.69) is 5.10 Å². The average Bonchev–Trinajstić information content (AvgIpc) is 3.43. The minimum atomic E-state index is -4.46. The molecule has 210 valence electrons. The summed E-state index contributed by atoms with van der Waals surface area (Å²) >= 11 is -2.52. The van der Waals surface area contributed by atoms with Gasteiger partial charge in [-0.05, 0) is 49.2 Å². The fraction of sp³-hybridized carbons (Fsp3) is 0.423. The highest BCUT2D eigenvalue weighted by Gasteiger charge is 2.55. The summed E-state index contributed by atoms with van der Waals surface area (Å²) in [6.45, 7) is 2.38. The Balaban J connectivity index is 1.44. The molecule has 39 heavy (non-hydrogen) atoms. The maximum Gasteiger partial charge on any atom is 0.416 e. The van der Waals surface area contributed by atoms with Crippen molar-refractivity contribution in [3.8, 4) is 22.9 Å². The van der Waals surface area contributed by atoms with Crippen molar-refractivity contribution < 1.29 is 40.2 Å². The fourth-order valence-electron chi connectivity index (χ4n) is 5.12. The predicted molar refractivity (Wildman–Crippen MR) is 133 cm³/mol. The van der Waals surface area contributed by atoms with Crippen molar-refractivity contribution in [3.05, 3.63) is 65.7 Å². The summed E-state index contributed by atoms with van der Waals surface area (Å²) in [5.41, 5.74) is -0.0820. The molecular weight excluding hydrogens is 545 g/mol. The van der Waals surface area contributed by atoms with Gasteiger partial charge in [0, 0.05) is 37.1 Å². The summed E-state index contributed by atoms with van der Waals surface area (Å²) in [6, 6.07) is 12.2. The Morgan fingerprint density at radius 1 is 1.18 bits per heavy atom. The quantitative estimate of drug-likeness (QED) is 0.256. The van der Waals surface area contributed by atoms with Gasteiger partial charge in [-0.1, -0.05) is 18.2 Å². The molecule has 3 aromatic rings. The van der Waals surface area contributed by atoms with E-state index in [9.17, 15) is 30.7 Å². The molecule has 2 fully saturated rings. The van der Waals surface area contributed by atoms with Gasteiger partial charge in [-0.25, -0.2) is 17.7 Å². The lowest BCUT2D eigenvalue weighted by molar-refractivity contribution is -0.137. The summed E-state index contributed by atoms with van der Waals surface area (Å²) in [7, 11) is 0. The van der Waals surface area contributed by atoms with Crippen molar-refractivity contribution >= 4 is 11.3 Å². The molecule has 7 nitrogen and oxygen atoms in total. The van der Waals surface area contributed by atoms with E-state index in [4.69, 9.17) is 9.47 Å². The lowest BCUT2D eigenvalue weighted by Gasteiger charge is -2.50. The van der Waals surface area contributed by atoms with Gasteiger partial charge in [0.15, 0.2) is 0 Å². The van der Waals surface area contributed by atoms with Crippen LogP contribution in [0.4, 0.5) is 22.0 Å². The maximum atomic E-state index is 14.0. The summed E-state index contributed by atoms with van der Waals surface area (Å²) < 4.78 is 103. The van der Waals surface area contributed by atoms with Gasteiger partial charge in [-0.2, -0.15) is 22.6 Å². The van der Waals surface area contributed by atoms with Crippen LogP contribution in [0, 0.1) is 0 Å². The molecule has 1 aliphatic carbocycles. The van der Waals surface area contributed by atoms with Crippen LogP contribution in [0.2, 0.25) is 0 Å². The van der Waals surface area contributed by atoms with Crippen LogP contribution in [-0.2, 0) is 34.3 Å². The zero-order valence-corrected chi connectivity index (χ0v) is 21.6. The molecule has 5 rings (SSSR count). The van der Waals surface area contributed by atoms with E-state index < -0.39 is 46.9 Å². The fourth-order valence-corrected chi connectivity index (χ4v) is 6.06. The van der Waals surface area contributed by atoms with Crippen LogP contribution < -0.4 is 4.74 Å². The third-order valence-corrected chi connectivity index (χ3v) is 8.11. The third-order valence-electron chi connectivity index (χ3n) is 7.12. The SMILES string of the molecule is CCn1nc(-c2cccc(C3(N(C4CCC(F)(F)C4)S(=O)O)COC3)c2)cc1Oc1ccc(C(F)(F)F)cc1. The van der Waals surface area contributed by atoms with Gasteiger partial charge in [0.1, 0.15) is 11.3 Å². The number of nitrogens with zero attached hydrogens (tertiary/aromatic N) is 3. The molecule has 1 aliphatic heterocycles. The molecule has 2 unspecified atom stereocenters. The Labute approximate surface area is 223 Å². The molecule has 0 radical (unpaired) electrons. The van der Waals surface area contributed by atoms with Crippen LogP contribution in [-0.4, -0.2) is 48.0 Å². The maximum absolute atomic E-state index is 14.0. The topological polar surface area (TPSA) is 76.8 Å². The summed E-state index contributed by atoms with van der Waals surface area (Å²) in [6.07, 6.45) is -5.22. The highest BCUT2D eigenvalue weighted by Crippen LogP contribution is 2.46. The summed E-state index contributed by atoms with van der Waals surface area (Å²) in [4.78, 5) is 0. The van der Waals surface area contributed by atoms with Gasteiger partial charge in [0.05, 0.1) is 24.5 Å². The van der Waals surface area contributed by atoms with Crippen molar-refractivity contribution in [2.24, 2.45) is 0 Å². The smallest absolute Gasteiger partial charge is 0.416 e. The van der Waals surface area contributed by atoms with Crippen LogP contribution in [0.5, 0.6) is 11.6 Å². The number of benzene rings is 2. The number of aryl methyl sites for hydroxylation is 1. The Bertz CT molecular complexity index is 1360. The minimum Gasteiger partial charge on any atom is -0.439 e.